The number of nitrogen functional groups attached to an aromatic ring is 1. The van der Waals surface area contributed by atoms with Crippen LogP contribution in [0.15, 0.2) is 23.1 Å². The van der Waals surface area contributed by atoms with Gasteiger partial charge in [0.25, 0.3) is 0 Å². The molecule has 17 heavy (non-hydrogen) atoms. The lowest BCUT2D eigenvalue weighted by Gasteiger charge is -2.20. The maximum atomic E-state index is 11.6. The van der Waals surface area contributed by atoms with Crippen molar-refractivity contribution in [1.82, 2.24) is 4.72 Å². The third kappa shape index (κ3) is 3.72. The molecule has 0 saturated carbocycles. The minimum Gasteiger partial charge on any atom is -0.543 e. The van der Waals surface area contributed by atoms with Gasteiger partial charge in [0.2, 0.25) is 18.3 Å². The predicted molar refractivity (Wildman–Crippen MR) is 71.1 cm³/mol. The van der Waals surface area contributed by atoms with Gasteiger partial charge in [0.1, 0.15) is 5.75 Å². The van der Waals surface area contributed by atoms with Gasteiger partial charge in [-0.05, 0) is 44.9 Å². The van der Waals surface area contributed by atoms with Crippen molar-refractivity contribution in [3.05, 3.63) is 18.2 Å². The quantitative estimate of drug-likeness (QED) is 0.642. The van der Waals surface area contributed by atoms with E-state index in [0.717, 1.165) is 0 Å². The summed E-state index contributed by atoms with van der Waals surface area (Å²) in [4.78, 5) is 0.139. The number of hydrogen-bond donors (Lipinski definition) is 2. The minimum atomic E-state index is -3.46. The van der Waals surface area contributed by atoms with Crippen LogP contribution in [0.1, 0.15) is 0 Å². The summed E-state index contributed by atoms with van der Waals surface area (Å²) in [5.74, 6) is 0.541. The normalized spacial score (nSPS) is 12.5. The van der Waals surface area contributed by atoms with Crippen molar-refractivity contribution in [3.63, 3.8) is 0 Å². The Kier molecular flexibility index (Phi) is 3.85. The van der Waals surface area contributed by atoms with Crippen LogP contribution in [0.4, 0.5) is 5.69 Å². The van der Waals surface area contributed by atoms with Crippen LogP contribution < -0.4 is 14.9 Å². The average molecular weight is 274 g/mol. The molecule has 0 atom stereocenters. The van der Waals surface area contributed by atoms with E-state index in [1.165, 1.54) is 19.2 Å². The second kappa shape index (κ2) is 4.67. The summed E-state index contributed by atoms with van der Waals surface area (Å²) in [6.07, 6.45) is 0. The lowest BCUT2D eigenvalue weighted by molar-refractivity contribution is 0.559. The SMILES string of the molecule is CNS(=O)(=O)c1ccc(O[Si](C)(C)C)c(N)c1. The highest BCUT2D eigenvalue weighted by Gasteiger charge is 2.19. The molecular formula is C10H18N2O3SSi. The summed E-state index contributed by atoms with van der Waals surface area (Å²) in [6.45, 7) is 6.10. The molecule has 0 bridgehead atoms. The number of sulfonamides is 1. The van der Waals surface area contributed by atoms with Gasteiger partial charge in [0.05, 0.1) is 10.6 Å². The van der Waals surface area contributed by atoms with Gasteiger partial charge in [-0.1, -0.05) is 0 Å². The fourth-order valence-corrected chi connectivity index (χ4v) is 2.85. The Morgan fingerprint density at radius 2 is 1.88 bits per heavy atom. The number of hydrogen-bond acceptors (Lipinski definition) is 4. The van der Waals surface area contributed by atoms with Gasteiger partial charge in [0, 0.05) is 0 Å². The molecule has 0 aromatic heterocycles. The molecule has 0 heterocycles. The zero-order chi connectivity index (χ0) is 13.3. The zero-order valence-electron chi connectivity index (χ0n) is 10.4. The fourth-order valence-electron chi connectivity index (χ4n) is 1.23. The van der Waals surface area contributed by atoms with Gasteiger partial charge in [-0.15, -0.1) is 0 Å². The molecule has 96 valence electrons. The molecule has 1 aromatic carbocycles. The van der Waals surface area contributed by atoms with E-state index in [-0.39, 0.29) is 4.90 Å². The van der Waals surface area contributed by atoms with Crippen molar-refractivity contribution in [3.8, 4) is 5.75 Å². The summed E-state index contributed by atoms with van der Waals surface area (Å²) >= 11 is 0. The Morgan fingerprint density at radius 3 is 2.29 bits per heavy atom. The summed E-state index contributed by atoms with van der Waals surface area (Å²) in [5.41, 5.74) is 6.12. The third-order valence-electron chi connectivity index (χ3n) is 1.98. The van der Waals surface area contributed by atoms with Crippen molar-refractivity contribution in [2.45, 2.75) is 24.5 Å². The number of benzene rings is 1. The number of rotatable bonds is 4. The van der Waals surface area contributed by atoms with Crippen molar-refractivity contribution >= 4 is 24.0 Å². The smallest absolute Gasteiger partial charge is 0.242 e. The number of nitrogens with one attached hydrogen (secondary N) is 1. The van der Waals surface area contributed by atoms with Crippen LogP contribution in [0.5, 0.6) is 5.75 Å². The van der Waals surface area contributed by atoms with E-state index in [0.29, 0.717) is 11.4 Å². The van der Waals surface area contributed by atoms with E-state index in [2.05, 4.69) is 4.72 Å². The van der Waals surface area contributed by atoms with Crippen LogP contribution in [-0.4, -0.2) is 23.8 Å². The first kappa shape index (κ1) is 14.0. The molecule has 0 saturated heterocycles. The van der Waals surface area contributed by atoms with Crippen molar-refractivity contribution in [1.29, 1.82) is 0 Å². The molecule has 3 N–H and O–H groups in total. The molecule has 0 aliphatic carbocycles. The Hall–Kier alpha value is -1.05. The van der Waals surface area contributed by atoms with E-state index < -0.39 is 18.3 Å². The van der Waals surface area contributed by atoms with E-state index in [9.17, 15) is 8.42 Å². The molecule has 1 rings (SSSR count). The van der Waals surface area contributed by atoms with Crippen LogP contribution in [0.3, 0.4) is 0 Å². The van der Waals surface area contributed by atoms with Crippen LogP contribution >= 0.6 is 0 Å². The maximum absolute atomic E-state index is 11.6. The number of nitrogens with two attached hydrogens (primary N) is 1. The maximum Gasteiger partial charge on any atom is 0.242 e. The summed E-state index contributed by atoms with van der Waals surface area (Å²) < 4.78 is 31.1. The second-order valence-electron chi connectivity index (χ2n) is 4.62. The van der Waals surface area contributed by atoms with Gasteiger partial charge < -0.3 is 10.2 Å². The fraction of sp³-hybridized carbons (Fsp3) is 0.400. The topological polar surface area (TPSA) is 81.4 Å². The molecule has 0 radical (unpaired) electrons. The molecular weight excluding hydrogens is 256 g/mol. The van der Waals surface area contributed by atoms with Crippen molar-refractivity contribution in [2.75, 3.05) is 12.8 Å². The molecule has 0 amide bonds. The Labute approximate surface area is 103 Å². The monoisotopic (exact) mass is 274 g/mol. The van der Waals surface area contributed by atoms with E-state index in [4.69, 9.17) is 10.2 Å². The van der Waals surface area contributed by atoms with Crippen molar-refractivity contribution < 1.29 is 12.8 Å². The van der Waals surface area contributed by atoms with Crippen LogP contribution in [-0.2, 0) is 10.0 Å². The van der Waals surface area contributed by atoms with Gasteiger partial charge in [0.15, 0.2) is 0 Å². The predicted octanol–water partition coefficient (Wildman–Crippen LogP) is 1.39. The van der Waals surface area contributed by atoms with Crippen molar-refractivity contribution in [2.24, 2.45) is 0 Å². The Bertz CT molecular complexity index is 509. The van der Waals surface area contributed by atoms with Gasteiger partial charge in [-0.25, -0.2) is 13.1 Å². The number of anilines is 1. The molecule has 7 heteroatoms. The third-order valence-corrected chi connectivity index (χ3v) is 4.22. The first-order valence-electron chi connectivity index (χ1n) is 5.18. The standard InChI is InChI=1S/C10H18N2O3SSi/c1-12-16(13,14)8-5-6-10(9(11)7-8)15-17(2,3)4/h5-7,12H,11H2,1-4H3. The van der Waals surface area contributed by atoms with Gasteiger partial charge >= 0.3 is 0 Å². The highest BCUT2D eigenvalue weighted by atomic mass is 32.2. The highest BCUT2D eigenvalue weighted by Crippen LogP contribution is 2.27. The molecule has 0 fully saturated rings. The first-order chi connectivity index (χ1) is 7.65. The van der Waals surface area contributed by atoms with Gasteiger partial charge in [-0.2, -0.15) is 0 Å². The first-order valence-corrected chi connectivity index (χ1v) is 10.1. The van der Waals surface area contributed by atoms with Crippen LogP contribution in [0.2, 0.25) is 19.6 Å². The molecule has 5 nitrogen and oxygen atoms in total. The second-order valence-corrected chi connectivity index (χ2v) is 10.9. The lowest BCUT2D eigenvalue weighted by Crippen LogP contribution is -2.29. The minimum absolute atomic E-state index is 0.139. The summed E-state index contributed by atoms with van der Waals surface area (Å²) in [5, 5.41) is 0. The average Bonchev–Trinajstić information content (AvgIpc) is 2.19. The van der Waals surface area contributed by atoms with E-state index in [1.807, 2.05) is 19.6 Å². The van der Waals surface area contributed by atoms with E-state index >= 15 is 0 Å². The zero-order valence-corrected chi connectivity index (χ0v) is 12.3. The van der Waals surface area contributed by atoms with E-state index in [1.54, 1.807) is 6.07 Å². The molecule has 0 unspecified atom stereocenters. The van der Waals surface area contributed by atoms with Crippen LogP contribution in [0, 0.1) is 0 Å². The largest absolute Gasteiger partial charge is 0.543 e. The molecule has 1 aromatic rings. The molecule has 0 aliphatic heterocycles. The summed E-state index contributed by atoms with van der Waals surface area (Å²) in [7, 11) is -3.84. The van der Waals surface area contributed by atoms with Gasteiger partial charge in [-0.3, -0.25) is 0 Å². The lowest BCUT2D eigenvalue weighted by atomic mass is 10.3. The molecule has 0 aliphatic rings. The van der Waals surface area contributed by atoms with Crippen LogP contribution in [0.25, 0.3) is 0 Å². The molecule has 0 spiro atoms. The highest BCUT2D eigenvalue weighted by molar-refractivity contribution is 7.89. The summed E-state index contributed by atoms with van der Waals surface area (Å²) in [6, 6.07) is 4.48. The Balaban J connectivity index is 3.11. The Morgan fingerprint density at radius 1 is 1.29 bits per heavy atom.